The Hall–Kier alpha value is -0.320. The molecule has 1 unspecified atom stereocenters. The van der Waals surface area contributed by atoms with Crippen LogP contribution >= 0.6 is 43.2 Å². The number of hydrogen-bond donors (Lipinski definition) is 1. The van der Waals surface area contributed by atoms with Gasteiger partial charge in [0.25, 0.3) is 0 Å². The highest BCUT2D eigenvalue weighted by Crippen LogP contribution is 2.30. The Bertz CT molecular complexity index is 468. The third kappa shape index (κ3) is 2.87. The van der Waals surface area contributed by atoms with E-state index in [0.29, 0.717) is 6.04 Å². The highest BCUT2D eigenvalue weighted by atomic mass is 79.9. The van der Waals surface area contributed by atoms with Crippen molar-refractivity contribution in [1.29, 1.82) is 0 Å². The molecule has 0 spiro atoms. The van der Waals surface area contributed by atoms with Crippen LogP contribution in [-0.2, 0) is 0 Å². The second-order valence-corrected chi connectivity index (χ2v) is 6.25. The first-order valence-corrected chi connectivity index (χ1v) is 7.38. The summed E-state index contributed by atoms with van der Waals surface area (Å²) in [6, 6.07) is 10.7. The van der Waals surface area contributed by atoms with E-state index < -0.39 is 0 Å². The maximum atomic E-state index is 3.55. The molecule has 84 valence electrons. The molecule has 0 aliphatic heterocycles. The largest absolute Gasteiger partial charge is 0.377 e. The minimum Gasteiger partial charge on any atom is -0.377 e. The standard InChI is InChI=1S/C12H11Br2NS/c1-8(12-3-2-6-16-12)15-11-5-4-9(13)7-10(11)14/h2-8,15H,1H3. The van der Waals surface area contributed by atoms with Crippen LogP contribution < -0.4 is 5.32 Å². The van der Waals surface area contributed by atoms with E-state index in [9.17, 15) is 0 Å². The van der Waals surface area contributed by atoms with Crippen LogP contribution in [0.4, 0.5) is 5.69 Å². The third-order valence-electron chi connectivity index (χ3n) is 2.27. The van der Waals surface area contributed by atoms with Gasteiger partial charge < -0.3 is 5.32 Å². The van der Waals surface area contributed by atoms with Gasteiger partial charge in [0.1, 0.15) is 0 Å². The molecule has 1 N–H and O–H groups in total. The van der Waals surface area contributed by atoms with E-state index in [1.807, 2.05) is 12.1 Å². The molecule has 0 saturated carbocycles. The molecular weight excluding hydrogens is 350 g/mol. The number of hydrogen-bond acceptors (Lipinski definition) is 2. The number of benzene rings is 1. The van der Waals surface area contributed by atoms with Crippen molar-refractivity contribution in [3.05, 3.63) is 49.5 Å². The summed E-state index contributed by atoms with van der Waals surface area (Å²) >= 11 is 8.77. The van der Waals surface area contributed by atoms with Gasteiger partial charge in [-0.3, -0.25) is 0 Å². The molecule has 1 aromatic carbocycles. The average molecular weight is 361 g/mol. The first kappa shape index (κ1) is 12.1. The summed E-state index contributed by atoms with van der Waals surface area (Å²) in [5.74, 6) is 0. The Morgan fingerprint density at radius 3 is 2.69 bits per heavy atom. The average Bonchev–Trinajstić information content (AvgIpc) is 2.75. The Morgan fingerprint density at radius 1 is 1.25 bits per heavy atom. The quantitative estimate of drug-likeness (QED) is 0.767. The van der Waals surface area contributed by atoms with Crippen LogP contribution in [0.1, 0.15) is 17.8 Å². The summed E-state index contributed by atoms with van der Waals surface area (Å²) < 4.78 is 2.15. The number of thiophene rings is 1. The summed E-state index contributed by atoms with van der Waals surface area (Å²) in [6.07, 6.45) is 0. The lowest BCUT2D eigenvalue weighted by Crippen LogP contribution is -2.05. The van der Waals surface area contributed by atoms with Crippen LogP contribution in [0.2, 0.25) is 0 Å². The maximum Gasteiger partial charge on any atom is 0.0578 e. The van der Waals surface area contributed by atoms with Crippen molar-refractivity contribution < 1.29 is 0 Å². The van der Waals surface area contributed by atoms with Gasteiger partial charge in [-0.2, -0.15) is 0 Å². The molecule has 0 saturated heterocycles. The van der Waals surface area contributed by atoms with Crippen LogP contribution in [0.3, 0.4) is 0 Å². The predicted molar refractivity (Wildman–Crippen MR) is 78.2 cm³/mol. The Kier molecular flexibility index (Phi) is 4.05. The lowest BCUT2D eigenvalue weighted by Gasteiger charge is -2.15. The SMILES string of the molecule is CC(Nc1ccc(Br)cc1Br)c1cccs1. The molecule has 0 aliphatic rings. The van der Waals surface area contributed by atoms with Gasteiger partial charge >= 0.3 is 0 Å². The Labute approximate surface area is 116 Å². The molecule has 0 fully saturated rings. The topological polar surface area (TPSA) is 12.0 Å². The fourth-order valence-electron chi connectivity index (χ4n) is 1.45. The fraction of sp³-hybridized carbons (Fsp3) is 0.167. The molecule has 0 bridgehead atoms. The van der Waals surface area contributed by atoms with E-state index in [0.717, 1.165) is 14.6 Å². The fourth-order valence-corrected chi connectivity index (χ4v) is 3.34. The second kappa shape index (κ2) is 5.34. The summed E-state index contributed by atoms with van der Waals surface area (Å²) in [6.45, 7) is 2.17. The molecular formula is C12H11Br2NS. The third-order valence-corrected chi connectivity index (χ3v) is 4.48. The smallest absolute Gasteiger partial charge is 0.0578 e. The van der Waals surface area contributed by atoms with Gasteiger partial charge in [0.15, 0.2) is 0 Å². The Morgan fingerprint density at radius 2 is 2.06 bits per heavy atom. The minimum atomic E-state index is 0.331. The highest BCUT2D eigenvalue weighted by molar-refractivity contribution is 9.11. The lowest BCUT2D eigenvalue weighted by molar-refractivity contribution is 0.907. The van der Waals surface area contributed by atoms with E-state index in [1.165, 1.54) is 4.88 Å². The minimum absolute atomic E-state index is 0.331. The number of rotatable bonds is 3. The van der Waals surface area contributed by atoms with Crippen molar-refractivity contribution in [1.82, 2.24) is 0 Å². The Balaban J connectivity index is 2.15. The van der Waals surface area contributed by atoms with Gasteiger partial charge in [0, 0.05) is 19.5 Å². The van der Waals surface area contributed by atoms with Gasteiger partial charge in [-0.25, -0.2) is 0 Å². The van der Waals surface area contributed by atoms with E-state index in [4.69, 9.17) is 0 Å². The maximum absolute atomic E-state index is 3.55. The zero-order valence-corrected chi connectivity index (χ0v) is 12.7. The van der Waals surface area contributed by atoms with Crippen molar-refractivity contribution in [2.24, 2.45) is 0 Å². The summed E-state index contributed by atoms with van der Waals surface area (Å²) in [5.41, 5.74) is 1.11. The molecule has 0 aliphatic carbocycles. The normalized spacial score (nSPS) is 12.4. The molecule has 0 amide bonds. The predicted octanol–water partition coefficient (Wildman–Crippen LogP) is 5.45. The van der Waals surface area contributed by atoms with Crippen molar-refractivity contribution in [3.63, 3.8) is 0 Å². The van der Waals surface area contributed by atoms with E-state index in [1.54, 1.807) is 11.3 Å². The molecule has 1 heterocycles. The second-order valence-electron chi connectivity index (χ2n) is 3.51. The molecule has 1 aromatic heterocycles. The number of nitrogens with one attached hydrogen (secondary N) is 1. The van der Waals surface area contributed by atoms with Gasteiger partial charge in [0.05, 0.1) is 6.04 Å². The monoisotopic (exact) mass is 359 g/mol. The van der Waals surface area contributed by atoms with Crippen LogP contribution in [0.5, 0.6) is 0 Å². The van der Waals surface area contributed by atoms with Gasteiger partial charge in [-0.15, -0.1) is 11.3 Å². The van der Waals surface area contributed by atoms with Crippen LogP contribution in [0, 0.1) is 0 Å². The van der Waals surface area contributed by atoms with Crippen molar-refractivity contribution in [3.8, 4) is 0 Å². The first-order valence-electron chi connectivity index (χ1n) is 4.92. The zero-order chi connectivity index (χ0) is 11.5. The molecule has 4 heteroatoms. The lowest BCUT2D eigenvalue weighted by atomic mass is 10.2. The molecule has 2 aromatic rings. The summed E-state index contributed by atoms with van der Waals surface area (Å²) in [5, 5.41) is 5.58. The molecule has 16 heavy (non-hydrogen) atoms. The van der Waals surface area contributed by atoms with Gasteiger partial charge in [0.2, 0.25) is 0 Å². The molecule has 1 atom stereocenters. The van der Waals surface area contributed by atoms with Crippen LogP contribution in [0.25, 0.3) is 0 Å². The zero-order valence-electron chi connectivity index (χ0n) is 8.71. The van der Waals surface area contributed by atoms with E-state index in [-0.39, 0.29) is 0 Å². The number of halogens is 2. The van der Waals surface area contributed by atoms with Crippen molar-refractivity contribution >= 4 is 48.9 Å². The first-order chi connectivity index (χ1) is 7.66. The van der Waals surface area contributed by atoms with Crippen LogP contribution in [-0.4, -0.2) is 0 Å². The summed E-state index contributed by atoms with van der Waals surface area (Å²) in [4.78, 5) is 1.34. The summed E-state index contributed by atoms with van der Waals surface area (Å²) in [7, 11) is 0. The molecule has 1 nitrogen and oxygen atoms in total. The number of anilines is 1. The van der Waals surface area contributed by atoms with Gasteiger partial charge in [-0.1, -0.05) is 22.0 Å². The van der Waals surface area contributed by atoms with Crippen LogP contribution in [0.15, 0.2) is 44.7 Å². The van der Waals surface area contributed by atoms with E-state index >= 15 is 0 Å². The van der Waals surface area contributed by atoms with Crippen molar-refractivity contribution in [2.45, 2.75) is 13.0 Å². The van der Waals surface area contributed by atoms with Gasteiger partial charge in [-0.05, 0) is 52.5 Å². The van der Waals surface area contributed by atoms with Crippen molar-refractivity contribution in [2.75, 3.05) is 5.32 Å². The molecule has 2 rings (SSSR count). The highest BCUT2D eigenvalue weighted by Gasteiger charge is 2.08. The van der Waals surface area contributed by atoms with E-state index in [2.05, 4.69) is 67.7 Å². The molecule has 0 radical (unpaired) electrons.